The minimum Gasteiger partial charge on any atom is -0.355 e. The monoisotopic (exact) mass is 478 g/mol. The Bertz CT molecular complexity index is 1780. The van der Waals surface area contributed by atoms with Crippen molar-refractivity contribution in [3.8, 4) is 0 Å². The van der Waals surface area contributed by atoms with Crippen molar-refractivity contribution in [2.45, 2.75) is 19.3 Å². The molecule has 37 heavy (non-hydrogen) atoms. The van der Waals surface area contributed by atoms with Crippen molar-refractivity contribution in [2.24, 2.45) is 0 Å². The second-order valence-corrected chi connectivity index (χ2v) is 10.3. The number of aromatic nitrogens is 1. The van der Waals surface area contributed by atoms with Gasteiger partial charge in [-0.1, -0.05) is 68.4 Å². The fourth-order valence-corrected chi connectivity index (χ4v) is 5.87. The molecule has 0 spiro atoms. The first-order valence-corrected chi connectivity index (χ1v) is 12.7. The summed E-state index contributed by atoms with van der Waals surface area (Å²) in [6.45, 7) is 4.57. The van der Waals surface area contributed by atoms with E-state index in [2.05, 4.69) is 96.5 Å². The van der Waals surface area contributed by atoms with Gasteiger partial charge in [-0.05, 0) is 71.8 Å². The molecule has 1 aliphatic heterocycles. The molecule has 0 bridgehead atoms. The van der Waals surface area contributed by atoms with Gasteiger partial charge in [-0.2, -0.15) is 0 Å². The van der Waals surface area contributed by atoms with E-state index in [9.17, 15) is 4.79 Å². The lowest BCUT2D eigenvalue weighted by Gasteiger charge is -2.42. The molecule has 0 aliphatic carbocycles. The molecule has 5 aromatic carbocycles. The Morgan fingerprint density at radius 1 is 0.622 bits per heavy atom. The quantitative estimate of drug-likeness (QED) is 0.258. The lowest BCUT2D eigenvalue weighted by molar-refractivity contribution is 0.103. The second kappa shape index (κ2) is 7.94. The molecule has 178 valence electrons. The van der Waals surface area contributed by atoms with Crippen molar-refractivity contribution in [3.05, 3.63) is 138 Å². The third kappa shape index (κ3) is 3.24. The van der Waals surface area contributed by atoms with Gasteiger partial charge in [0.2, 0.25) is 0 Å². The fraction of sp³-hybridized carbons (Fsp3) is 0.0882. The van der Waals surface area contributed by atoms with Gasteiger partial charge in [0.1, 0.15) is 0 Å². The van der Waals surface area contributed by atoms with Gasteiger partial charge in [0.15, 0.2) is 5.78 Å². The number of hydrogen-bond acceptors (Lipinski definition) is 2. The summed E-state index contributed by atoms with van der Waals surface area (Å²) in [6, 6.07) is 39.3. The zero-order chi connectivity index (χ0) is 25.1. The fourth-order valence-electron chi connectivity index (χ4n) is 5.87. The number of nitrogens with zero attached hydrogens (tertiary/aromatic N) is 1. The Kier molecular flexibility index (Phi) is 4.64. The van der Waals surface area contributed by atoms with Gasteiger partial charge in [-0.15, -0.1) is 0 Å². The number of anilines is 3. The highest BCUT2D eigenvalue weighted by atomic mass is 16.1. The Labute approximate surface area is 216 Å². The van der Waals surface area contributed by atoms with Crippen LogP contribution in [-0.4, -0.2) is 10.8 Å². The van der Waals surface area contributed by atoms with Crippen LogP contribution < -0.4 is 4.90 Å². The predicted octanol–water partition coefficient (Wildman–Crippen LogP) is 8.66. The summed E-state index contributed by atoms with van der Waals surface area (Å²) < 4.78 is 0. The van der Waals surface area contributed by atoms with Gasteiger partial charge >= 0.3 is 0 Å². The Balaban J connectivity index is 1.28. The van der Waals surface area contributed by atoms with Crippen LogP contribution in [0.15, 0.2) is 115 Å². The molecule has 0 fully saturated rings. The van der Waals surface area contributed by atoms with E-state index in [1.54, 1.807) is 0 Å². The number of rotatable bonds is 3. The van der Waals surface area contributed by atoms with Gasteiger partial charge in [0, 0.05) is 44.0 Å². The van der Waals surface area contributed by atoms with Gasteiger partial charge in [-0.25, -0.2) is 0 Å². The number of benzene rings is 5. The molecule has 3 nitrogen and oxygen atoms in total. The molecule has 0 atom stereocenters. The topological polar surface area (TPSA) is 36.1 Å². The average Bonchev–Trinajstić information content (AvgIpc) is 3.31. The normalized spacial score (nSPS) is 13.9. The number of nitrogens with one attached hydrogen (secondary N) is 1. The summed E-state index contributed by atoms with van der Waals surface area (Å²) >= 11 is 0. The van der Waals surface area contributed by atoms with Crippen LogP contribution in [0.25, 0.3) is 21.8 Å². The molecule has 7 rings (SSSR count). The van der Waals surface area contributed by atoms with Crippen LogP contribution in [-0.2, 0) is 5.41 Å². The maximum atomic E-state index is 13.5. The van der Waals surface area contributed by atoms with E-state index in [1.807, 2.05) is 42.5 Å². The van der Waals surface area contributed by atoms with E-state index in [0.717, 1.165) is 27.5 Å². The van der Waals surface area contributed by atoms with Gasteiger partial charge in [-0.3, -0.25) is 4.79 Å². The zero-order valence-corrected chi connectivity index (χ0v) is 20.8. The first-order chi connectivity index (χ1) is 18.0. The minimum absolute atomic E-state index is 0.0271. The van der Waals surface area contributed by atoms with Gasteiger partial charge in [0.25, 0.3) is 0 Å². The van der Waals surface area contributed by atoms with Crippen LogP contribution >= 0.6 is 0 Å². The predicted molar refractivity (Wildman–Crippen MR) is 152 cm³/mol. The van der Waals surface area contributed by atoms with E-state index in [1.165, 1.54) is 22.5 Å². The lowest BCUT2D eigenvalue weighted by atomic mass is 9.73. The summed E-state index contributed by atoms with van der Waals surface area (Å²) in [5.41, 5.74) is 9.38. The zero-order valence-electron chi connectivity index (χ0n) is 20.8. The van der Waals surface area contributed by atoms with E-state index in [0.29, 0.717) is 11.1 Å². The van der Waals surface area contributed by atoms with Crippen LogP contribution in [0.1, 0.15) is 40.9 Å². The molecule has 0 amide bonds. The van der Waals surface area contributed by atoms with Crippen molar-refractivity contribution in [1.82, 2.24) is 4.98 Å². The highest BCUT2D eigenvalue weighted by Gasteiger charge is 2.36. The molecule has 0 saturated carbocycles. The summed E-state index contributed by atoms with van der Waals surface area (Å²) in [6.07, 6.45) is 0. The second-order valence-electron chi connectivity index (χ2n) is 10.3. The van der Waals surface area contributed by atoms with Gasteiger partial charge < -0.3 is 9.88 Å². The standard InChI is InChI=1S/C34H26N2O/c1-34(2)27-10-4-7-13-31(27)36(32-14-8-5-11-28(32)34)24-18-15-22(16-19-24)33(37)23-17-20-30-26(21-23)25-9-3-6-12-29(25)35-30/h3-21,35H,1-2H3. The molecule has 1 N–H and O–H groups in total. The molecule has 0 radical (unpaired) electrons. The van der Waals surface area contributed by atoms with Crippen molar-refractivity contribution < 1.29 is 4.79 Å². The molecule has 1 aliphatic rings. The lowest BCUT2D eigenvalue weighted by Crippen LogP contribution is -2.30. The number of fused-ring (bicyclic) bond motifs is 5. The van der Waals surface area contributed by atoms with E-state index in [-0.39, 0.29) is 11.2 Å². The van der Waals surface area contributed by atoms with Crippen LogP contribution in [0.3, 0.4) is 0 Å². The molecular formula is C34H26N2O. The number of aromatic amines is 1. The minimum atomic E-state index is -0.0966. The van der Waals surface area contributed by atoms with Crippen LogP contribution in [0.5, 0.6) is 0 Å². The molecule has 2 heterocycles. The summed E-state index contributed by atoms with van der Waals surface area (Å²) in [5.74, 6) is 0.0271. The largest absolute Gasteiger partial charge is 0.355 e. The number of carbonyl (C=O) groups excluding carboxylic acids is 1. The Hall–Kier alpha value is -4.63. The number of hydrogen-bond donors (Lipinski definition) is 1. The summed E-state index contributed by atoms with van der Waals surface area (Å²) in [5, 5.41) is 2.20. The molecule has 1 aromatic heterocycles. The Morgan fingerprint density at radius 3 is 1.89 bits per heavy atom. The highest BCUT2D eigenvalue weighted by Crippen LogP contribution is 2.51. The van der Waals surface area contributed by atoms with E-state index < -0.39 is 0 Å². The summed E-state index contributed by atoms with van der Waals surface area (Å²) in [4.78, 5) is 19.2. The smallest absolute Gasteiger partial charge is 0.193 e. The molecule has 3 heteroatoms. The van der Waals surface area contributed by atoms with E-state index >= 15 is 0 Å². The third-order valence-corrected chi connectivity index (χ3v) is 7.79. The van der Waals surface area contributed by atoms with Crippen molar-refractivity contribution >= 4 is 44.7 Å². The van der Waals surface area contributed by atoms with Gasteiger partial charge in [0.05, 0.1) is 11.4 Å². The number of H-pyrrole nitrogens is 1. The maximum Gasteiger partial charge on any atom is 0.193 e. The van der Waals surface area contributed by atoms with Crippen LogP contribution in [0.4, 0.5) is 17.1 Å². The number of ketones is 1. The van der Waals surface area contributed by atoms with E-state index in [4.69, 9.17) is 0 Å². The first-order valence-electron chi connectivity index (χ1n) is 12.7. The van der Waals surface area contributed by atoms with Crippen LogP contribution in [0.2, 0.25) is 0 Å². The van der Waals surface area contributed by atoms with Crippen molar-refractivity contribution in [2.75, 3.05) is 4.90 Å². The number of para-hydroxylation sites is 3. The molecular weight excluding hydrogens is 452 g/mol. The highest BCUT2D eigenvalue weighted by molar-refractivity contribution is 6.14. The maximum absolute atomic E-state index is 13.5. The van der Waals surface area contributed by atoms with Crippen molar-refractivity contribution in [3.63, 3.8) is 0 Å². The third-order valence-electron chi connectivity index (χ3n) is 7.79. The summed E-state index contributed by atoms with van der Waals surface area (Å²) in [7, 11) is 0. The number of carbonyl (C=O) groups is 1. The van der Waals surface area contributed by atoms with Crippen LogP contribution in [0, 0.1) is 0 Å². The average molecular weight is 479 g/mol. The first kappa shape index (κ1) is 21.6. The molecule has 6 aromatic rings. The SMILES string of the molecule is CC1(C)c2ccccc2N(c2ccc(C(=O)c3ccc4[nH]c5ccccc5c4c3)cc2)c2ccccc21. The molecule has 0 unspecified atom stereocenters. The molecule has 0 saturated heterocycles. The van der Waals surface area contributed by atoms with Crippen molar-refractivity contribution in [1.29, 1.82) is 0 Å². The Morgan fingerprint density at radius 2 is 1.19 bits per heavy atom.